The molecule has 1 amide bonds. The van der Waals surface area contributed by atoms with Crippen LogP contribution in [0.15, 0.2) is 30.5 Å². The van der Waals surface area contributed by atoms with Gasteiger partial charge in [0.2, 0.25) is 0 Å². The van der Waals surface area contributed by atoms with Crippen molar-refractivity contribution in [2.24, 2.45) is 0 Å². The van der Waals surface area contributed by atoms with E-state index in [1.165, 1.54) is 0 Å². The number of aromatic nitrogens is 3. The molecule has 23 heavy (non-hydrogen) atoms. The summed E-state index contributed by atoms with van der Waals surface area (Å²) < 4.78 is 1.62. The zero-order chi connectivity index (χ0) is 16.2. The molecular formula is C16H19ClN4O2. The number of aliphatic hydroxyl groups is 1. The van der Waals surface area contributed by atoms with Crippen LogP contribution in [0.3, 0.4) is 0 Å². The van der Waals surface area contributed by atoms with Gasteiger partial charge in [-0.3, -0.25) is 4.79 Å². The standard InChI is InChI=1S/C16H19ClN4O2/c17-12-3-1-2-11(8-12)9-21-10-15(19-20-21)16(23)18-13-4-6-14(22)7-5-13/h1-3,8,10,13-14,22H,4-7,9H2,(H,18,23). The largest absolute Gasteiger partial charge is 0.393 e. The van der Waals surface area contributed by atoms with Crippen LogP contribution in [0.4, 0.5) is 0 Å². The van der Waals surface area contributed by atoms with Crippen LogP contribution >= 0.6 is 11.6 Å². The number of nitrogens with one attached hydrogen (secondary N) is 1. The summed E-state index contributed by atoms with van der Waals surface area (Å²) in [6.45, 7) is 0.510. The molecule has 6 nitrogen and oxygen atoms in total. The fourth-order valence-corrected chi connectivity index (χ4v) is 2.99. The minimum Gasteiger partial charge on any atom is -0.393 e. The number of rotatable bonds is 4. The van der Waals surface area contributed by atoms with Crippen LogP contribution in [-0.4, -0.2) is 38.2 Å². The van der Waals surface area contributed by atoms with E-state index in [0.717, 1.165) is 31.2 Å². The Hall–Kier alpha value is -1.92. The summed E-state index contributed by atoms with van der Waals surface area (Å²) in [4.78, 5) is 12.2. The van der Waals surface area contributed by atoms with Gasteiger partial charge >= 0.3 is 0 Å². The fourth-order valence-electron chi connectivity index (χ4n) is 2.78. The Morgan fingerprint density at radius 2 is 2.13 bits per heavy atom. The average molecular weight is 335 g/mol. The van der Waals surface area contributed by atoms with Crippen LogP contribution in [0.2, 0.25) is 5.02 Å². The molecule has 0 atom stereocenters. The maximum atomic E-state index is 12.2. The molecule has 0 bridgehead atoms. The van der Waals surface area contributed by atoms with Crippen LogP contribution in [0.5, 0.6) is 0 Å². The molecule has 2 N–H and O–H groups in total. The Balaban J connectivity index is 1.59. The van der Waals surface area contributed by atoms with Gasteiger partial charge in [-0.1, -0.05) is 28.9 Å². The molecule has 1 aliphatic carbocycles. The van der Waals surface area contributed by atoms with E-state index in [4.69, 9.17) is 11.6 Å². The first-order valence-corrected chi connectivity index (χ1v) is 8.11. The fraction of sp³-hybridized carbons (Fsp3) is 0.438. The van der Waals surface area contributed by atoms with Crippen LogP contribution in [0.1, 0.15) is 41.7 Å². The van der Waals surface area contributed by atoms with Crippen LogP contribution in [-0.2, 0) is 6.54 Å². The van der Waals surface area contributed by atoms with Crippen molar-refractivity contribution < 1.29 is 9.90 Å². The average Bonchev–Trinajstić information content (AvgIpc) is 2.98. The number of hydrogen-bond donors (Lipinski definition) is 2. The number of halogens is 1. The van der Waals surface area contributed by atoms with E-state index < -0.39 is 0 Å². The van der Waals surface area contributed by atoms with E-state index in [-0.39, 0.29) is 18.1 Å². The monoisotopic (exact) mass is 334 g/mol. The van der Waals surface area contributed by atoms with Crippen LogP contribution in [0, 0.1) is 0 Å². The number of benzene rings is 1. The molecule has 0 unspecified atom stereocenters. The Morgan fingerprint density at radius 1 is 1.35 bits per heavy atom. The number of hydrogen-bond acceptors (Lipinski definition) is 4. The van der Waals surface area contributed by atoms with Crippen molar-refractivity contribution in [3.63, 3.8) is 0 Å². The number of carbonyl (C=O) groups is 1. The van der Waals surface area contributed by atoms with E-state index >= 15 is 0 Å². The number of aliphatic hydroxyl groups excluding tert-OH is 1. The predicted octanol–water partition coefficient (Wildman–Crippen LogP) is 2.01. The molecule has 1 heterocycles. The Bertz CT molecular complexity index is 680. The maximum Gasteiger partial charge on any atom is 0.273 e. The van der Waals surface area contributed by atoms with Crippen LogP contribution < -0.4 is 5.32 Å². The lowest BCUT2D eigenvalue weighted by Gasteiger charge is -2.25. The summed E-state index contributed by atoms with van der Waals surface area (Å²) in [5.41, 5.74) is 1.30. The van der Waals surface area contributed by atoms with Crippen molar-refractivity contribution in [3.05, 3.63) is 46.7 Å². The molecule has 1 aromatic heterocycles. The summed E-state index contributed by atoms with van der Waals surface area (Å²) in [6.07, 6.45) is 4.45. The van der Waals surface area contributed by atoms with Gasteiger partial charge in [-0.15, -0.1) is 5.10 Å². The van der Waals surface area contributed by atoms with E-state index in [2.05, 4.69) is 15.6 Å². The molecule has 0 aliphatic heterocycles. The molecule has 1 aromatic carbocycles. The SMILES string of the molecule is O=C(NC1CCC(O)CC1)c1cn(Cc2cccc(Cl)c2)nn1. The third-order valence-corrected chi connectivity index (χ3v) is 4.27. The Labute approximate surface area is 139 Å². The summed E-state index contributed by atoms with van der Waals surface area (Å²) in [5, 5.41) is 21.0. The van der Waals surface area contributed by atoms with E-state index in [1.54, 1.807) is 10.9 Å². The molecule has 1 fully saturated rings. The van der Waals surface area contributed by atoms with E-state index in [9.17, 15) is 9.90 Å². The maximum absolute atomic E-state index is 12.2. The molecule has 0 radical (unpaired) electrons. The minimum atomic E-state index is -0.235. The first-order chi connectivity index (χ1) is 11.1. The molecule has 2 aromatic rings. The highest BCUT2D eigenvalue weighted by molar-refractivity contribution is 6.30. The lowest BCUT2D eigenvalue weighted by Crippen LogP contribution is -2.38. The second kappa shape index (κ2) is 7.10. The van der Waals surface area contributed by atoms with Gasteiger partial charge in [0.05, 0.1) is 18.8 Å². The first kappa shape index (κ1) is 16.0. The van der Waals surface area contributed by atoms with Crippen LogP contribution in [0.25, 0.3) is 0 Å². The molecule has 0 saturated heterocycles. The Morgan fingerprint density at radius 3 is 2.87 bits per heavy atom. The highest BCUT2D eigenvalue weighted by Gasteiger charge is 2.22. The quantitative estimate of drug-likeness (QED) is 0.896. The van der Waals surface area contributed by atoms with Gasteiger partial charge in [-0.25, -0.2) is 4.68 Å². The second-order valence-corrected chi connectivity index (χ2v) is 6.35. The number of nitrogens with zero attached hydrogens (tertiary/aromatic N) is 3. The van der Waals surface area contributed by atoms with Crippen molar-refractivity contribution in [1.29, 1.82) is 0 Å². The van der Waals surface area contributed by atoms with Crippen molar-refractivity contribution >= 4 is 17.5 Å². The smallest absolute Gasteiger partial charge is 0.273 e. The molecule has 1 aliphatic rings. The number of amides is 1. The normalized spacial score (nSPS) is 21.1. The first-order valence-electron chi connectivity index (χ1n) is 7.73. The highest BCUT2D eigenvalue weighted by Crippen LogP contribution is 2.18. The van der Waals surface area contributed by atoms with Gasteiger partial charge in [-0.05, 0) is 43.4 Å². The van der Waals surface area contributed by atoms with Gasteiger partial charge in [-0.2, -0.15) is 0 Å². The summed E-state index contributed by atoms with van der Waals surface area (Å²) in [6, 6.07) is 7.59. The Kier molecular flexibility index (Phi) is 4.93. The van der Waals surface area contributed by atoms with Gasteiger partial charge in [0.15, 0.2) is 5.69 Å². The molecule has 122 valence electrons. The van der Waals surface area contributed by atoms with E-state index in [1.807, 2.05) is 24.3 Å². The van der Waals surface area contributed by atoms with Crippen molar-refractivity contribution in [2.75, 3.05) is 0 Å². The predicted molar refractivity (Wildman–Crippen MR) is 86.3 cm³/mol. The molecular weight excluding hydrogens is 316 g/mol. The van der Waals surface area contributed by atoms with Gasteiger partial charge in [0, 0.05) is 11.1 Å². The topological polar surface area (TPSA) is 80.0 Å². The third-order valence-electron chi connectivity index (χ3n) is 4.04. The summed E-state index contributed by atoms with van der Waals surface area (Å²) >= 11 is 5.96. The molecule has 1 saturated carbocycles. The molecule has 0 spiro atoms. The minimum absolute atomic E-state index is 0.101. The summed E-state index contributed by atoms with van der Waals surface area (Å²) in [5.74, 6) is -0.219. The van der Waals surface area contributed by atoms with Gasteiger partial charge in [0.1, 0.15) is 0 Å². The van der Waals surface area contributed by atoms with Crippen molar-refractivity contribution in [1.82, 2.24) is 20.3 Å². The van der Waals surface area contributed by atoms with Crippen molar-refractivity contribution in [2.45, 2.75) is 44.4 Å². The second-order valence-electron chi connectivity index (χ2n) is 5.91. The zero-order valence-electron chi connectivity index (χ0n) is 12.7. The third kappa shape index (κ3) is 4.30. The molecule has 3 rings (SSSR count). The van der Waals surface area contributed by atoms with Gasteiger partial charge in [0.25, 0.3) is 5.91 Å². The van der Waals surface area contributed by atoms with Gasteiger partial charge < -0.3 is 10.4 Å². The lowest BCUT2D eigenvalue weighted by atomic mass is 9.93. The summed E-state index contributed by atoms with van der Waals surface area (Å²) in [7, 11) is 0. The van der Waals surface area contributed by atoms with E-state index in [0.29, 0.717) is 17.3 Å². The van der Waals surface area contributed by atoms with Crippen molar-refractivity contribution in [3.8, 4) is 0 Å². The number of carbonyl (C=O) groups excluding carboxylic acids is 1. The zero-order valence-corrected chi connectivity index (χ0v) is 13.4. The molecule has 7 heteroatoms. The lowest BCUT2D eigenvalue weighted by molar-refractivity contribution is 0.0863. The highest BCUT2D eigenvalue weighted by atomic mass is 35.5.